The Morgan fingerprint density at radius 3 is 2.53 bits per heavy atom. The molecule has 5 rings (SSSR count). The number of benzene rings is 2. The summed E-state index contributed by atoms with van der Waals surface area (Å²) in [7, 11) is 0. The number of aromatic nitrogens is 2. The number of nitrogen functional groups attached to an aromatic ring is 1. The van der Waals surface area contributed by atoms with Crippen molar-refractivity contribution in [3.63, 3.8) is 0 Å². The first-order chi connectivity index (χ1) is 17.5. The Bertz CT molecular complexity index is 1310. The number of ether oxygens (including phenoxy) is 1. The molecule has 1 unspecified atom stereocenters. The van der Waals surface area contributed by atoms with Crippen molar-refractivity contribution < 1.29 is 9.53 Å². The first-order valence-corrected chi connectivity index (χ1v) is 12.1. The number of piperidine rings is 1. The highest BCUT2D eigenvalue weighted by molar-refractivity contribution is 5.97. The molecule has 0 bridgehead atoms. The number of rotatable bonds is 6. The molecule has 8 nitrogen and oxygen atoms in total. The lowest BCUT2D eigenvalue weighted by Crippen LogP contribution is -2.62. The molecule has 1 aliphatic heterocycles. The number of anilines is 2. The maximum Gasteiger partial charge on any atom is 0.264 e. The second kappa shape index (κ2) is 9.70. The predicted molar refractivity (Wildman–Crippen MR) is 138 cm³/mol. The Morgan fingerprint density at radius 2 is 1.86 bits per heavy atom. The summed E-state index contributed by atoms with van der Waals surface area (Å²) in [6.07, 6.45) is 5.90. The standard InChI is InChI=1S/C28H28N6O2/c1-19(17-29)27(35)34-15-12-21(16-28(34)13-5-14-28)33-26-24(25(30)31-18-32-26)20-8-10-23(11-9-20)36-22-6-3-2-4-7-22/h2-4,6-11,18,21H,1,5,12-16H2,(H3,30,31,32,33). The summed E-state index contributed by atoms with van der Waals surface area (Å²) in [6, 6.07) is 19.3. The number of nitrogens with one attached hydrogen (secondary N) is 1. The van der Waals surface area contributed by atoms with E-state index in [-0.39, 0.29) is 23.1 Å². The molecule has 2 fully saturated rings. The van der Waals surface area contributed by atoms with Crippen molar-refractivity contribution in [1.29, 1.82) is 5.26 Å². The molecular formula is C28H28N6O2. The van der Waals surface area contributed by atoms with E-state index in [1.807, 2.05) is 65.6 Å². The van der Waals surface area contributed by atoms with Crippen molar-refractivity contribution in [3.8, 4) is 28.7 Å². The quantitative estimate of drug-likeness (QED) is 0.380. The Hall–Kier alpha value is -4.38. The Kier molecular flexibility index (Phi) is 6.30. The number of hydrogen-bond donors (Lipinski definition) is 2. The third kappa shape index (κ3) is 4.48. The lowest BCUT2D eigenvalue weighted by molar-refractivity contribution is -0.140. The maximum atomic E-state index is 12.8. The van der Waals surface area contributed by atoms with E-state index >= 15 is 0 Å². The van der Waals surface area contributed by atoms with E-state index < -0.39 is 0 Å². The van der Waals surface area contributed by atoms with Crippen molar-refractivity contribution in [2.24, 2.45) is 0 Å². The minimum atomic E-state index is -0.250. The molecule has 1 spiro atoms. The zero-order valence-corrected chi connectivity index (χ0v) is 20.0. The van der Waals surface area contributed by atoms with E-state index in [1.165, 1.54) is 6.33 Å². The Morgan fingerprint density at radius 1 is 1.14 bits per heavy atom. The van der Waals surface area contributed by atoms with Gasteiger partial charge in [-0.25, -0.2) is 9.97 Å². The van der Waals surface area contributed by atoms with Crippen LogP contribution in [0.4, 0.5) is 11.6 Å². The van der Waals surface area contributed by atoms with Crippen LogP contribution in [0.1, 0.15) is 32.1 Å². The average Bonchev–Trinajstić information content (AvgIpc) is 2.88. The smallest absolute Gasteiger partial charge is 0.264 e. The van der Waals surface area contributed by atoms with E-state index in [2.05, 4.69) is 21.9 Å². The van der Waals surface area contributed by atoms with Gasteiger partial charge in [0.15, 0.2) is 0 Å². The Balaban J connectivity index is 1.34. The maximum absolute atomic E-state index is 12.8. The van der Waals surface area contributed by atoms with Gasteiger partial charge in [0.25, 0.3) is 5.91 Å². The van der Waals surface area contributed by atoms with Gasteiger partial charge in [-0.15, -0.1) is 0 Å². The van der Waals surface area contributed by atoms with Gasteiger partial charge >= 0.3 is 0 Å². The van der Waals surface area contributed by atoms with Gasteiger partial charge in [-0.3, -0.25) is 4.79 Å². The summed E-state index contributed by atoms with van der Waals surface area (Å²) in [5.41, 5.74) is 7.69. The van der Waals surface area contributed by atoms with Crippen molar-refractivity contribution in [3.05, 3.63) is 73.1 Å². The summed E-state index contributed by atoms with van der Waals surface area (Å²) in [5.74, 6) is 2.29. The lowest BCUT2D eigenvalue weighted by atomic mass is 9.68. The molecular weight excluding hydrogens is 452 g/mol. The topological polar surface area (TPSA) is 117 Å². The molecule has 3 N–H and O–H groups in total. The molecule has 1 saturated heterocycles. The van der Waals surface area contributed by atoms with Crippen molar-refractivity contribution >= 4 is 17.5 Å². The number of amides is 1. The predicted octanol–water partition coefficient (Wildman–Crippen LogP) is 4.92. The van der Waals surface area contributed by atoms with Gasteiger partial charge in [-0.2, -0.15) is 5.26 Å². The number of hydrogen-bond acceptors (Lipinski definition) is 7. The van der Waals surface area contributed by atoms with Crippen LogP contribution in [0.3, 0.4) is 0 Å². The number of nitrogens with two attached hydrogens (primary N) is 1. The van der Waals surface area contributed by atoms with Crippen LogP contribution in [0.15, 0.2) is 73.1 Å². The van der Waals surface area contributed by atoms with Gasteiger partial charge in [0.05, 0.1) is 5.56 Å². The van der Waals surface area contributed by atoms with Crippen LogP contribution < -0.4 is 15.8 Å². The SMILES string of the molecule is C=C(C#N)C(=O)N1CCC(Nc2ncnc(N)c2-c2ccc(Oc3ccccc3)cc2)CC12CCC2. The van der Waals surface area contributed by atoms with Gasteiger partial charge in [0.1, 0.15) is 41.1 Å². The van der Waals surface area contributed by atoms with Gasteiger partial charge in [-0.05, 0) is 61.9 Å². The Labute approximate surface area is 210 Å². The minimum Gasteiger partial charge on any atom is -0.457 e. The minimum absolute atomic E-state index is 0.00163. The molecule has 8 heteroatoms. The first-order valence-electron chi connectivity index (χ1n) is 12.1. The van der Waals surface area contributed by atoms with Crippen LogP contribution in [0.25, 0.3) is 11.1 Å². The molecule has 1 atom stereocenters. The van der Waals surface area contributed by atoms with Crippen LogP contribution in [0, 0.1) is 11.3 Å². The average molecular weight is 481 g/mol. The number of para-hydroxylation sites is 1. The molecule has 0 radical (unpaired) electrons. The number of likely N-dealkylation sites (tertiary alicyclic amines) is 1. The second-order valence-corrected chi connectivity index (χ2v) is 9.38. The highest BCUT2D eigenvalue weighted by Gasteiger charge is 2.49. The molecule has 1 aliphatic carbocycles. The van der Waals surface area contributed by atoms with Crippen LogP contribution in [0.2, 0.25) is 0 Å². The second-order valence-electron chi connectivity index (χ2n) is 9.38. The molecule has 2 heterocycles. The highest BCUT2D eigenvalue weighted by atomic mass is 16.5. The van der Waals surface area contributed by atoms with Crippen LogP contribution in [0.5, 0.6) is 11.5 Å². The van der Waals surface area contributed by atoms with Crippen molar-refractivity contribution in [2.45, 2.75) is 43.7 Å². The van der Waals surface area contributed by atoms with Gasteiger partial charge < -0.3 is 20.7 Å². The zero-order valence-electron chi connectivity index (χ0n) is 20.0. The summed E-state index contributed by atoms with van der Waals surface area (Å²) < 4.78 is 5.91. The summed E-state index contributed by atoms with van der Waals surface area (Å²) in [6.45, 7) is 4.20. The van der Waals surface area contributed by atoms with E-state index in [0.717, 1.165) is 54.7 Å². The van der Waals surface area contributed by atoms with Crippen molar-refractivity contribution in [1.82, 2.24) is 14.9 Å². The molecule has 1 amide bonds. The number of carbonyl (C=O) groups excluding carboxylic acids is 1. The molecule has 2 aromatic carbocycles. The van der Waals surface area contributed by atoms with Crippen molar-refractivity contribution in [2.75, 3.05) is 17.6 Å². The van der Waals surface area contributed by atoms with Crippen LogP contribution in [-0.4, -0.2) is 38.9 Å². The van der Waals surface area contributed by atoms with Gasteiger partial charge in [-0.1, -0.05) is 36.9 Å². The molecule has 182 valence electrons. The largest absolute Gasteiger partial charge is 0.457 e. The molecule has 2 aliphatic rings. The number of nitriles is 1. The normalized spacial score (nSPS) is 18.1. The fourth-order valence-electron chi connectivity index (χ4n) is 5.20. The fourth-order valence-corrected chi connectivity index (χ4v) is 5.20. The highest BCUT2D eigenvalue weighted by Crippen LogP contribution is 2.46. The monoisotopic (exact) mass is 480 g/mol. The summed E-state index contributed by atoms with van der Waals surface area (Å²) in [4.78, 5) is 23.4. The molecule has 1 aromatic heterocycles. The van der Waals surface area contributed by atoms with E-state index in [9.17, 15) is 4.79 Å². The molecule has 1 saturated carbocycles. The lowest BCUT2D eigenvalue weighted by Gasteiger charge is -2.55. The van der Waals surface area contributed by atoms with Gasteiger partial charge in [0, 0.05) is 18.1 Å². The van der Waals surface area contributed by atoms with Crippen LogP contribution >= 0.6 is 0 Å². The van der Waals surface area contributed by atoms with E-state index in [1.54, 1.807) is 0 Å². The van der Waals surface area contributed by atoms with Crippen LogP contribution in [-0.2, 0) is 4.79 Å². The van der Waals surface area contributed by atoms with E-state index in [0.29, 0.717) is 18.2 Å². The van der Waals surface area contributed by atoms with Gasteiger partial charge in [0.2, 0.25) is 0 Å². The summed E-state index contributed by atoms with van der Waals surface area (Å²) in [5, 5.41) is 12.7. The third-order valence-electron chi connectivity index (χ3n) is 7.16. The first kappa shape index (κ1) is 23.4. The molecule has 3 aromatic rings. The number of carbonyl (C=O) groups is 1. The molecule has 36 heavy (non-hydrogen) atoms. The fraction of sp³-hybridized carbons (Fsp3) is 0.286. The zero-order chi connectivity index (χ0) is 25.1. The van der Waals surface area contributed by atoms with E-state index in [4.69, 9.17) is 15.7 Å². The summed E-state index contributed by atoms with van der Waals surface area (Å²) >= 11 is 0. The third-order valence-corrected chi connectivity index (χ3v) is 7.16. The number of nitrogens with zero attached hydrogens (tertiary/aromatic N) is 4.